The zero-order valence-electron chi connectivity index (χ0n) is 18.8. The van der Waals surface area contributed by atoms with Gasteiger partial charge in [-0.3, -0.25) is 14.3 Å². The zero-order chi connectivity index (χ0) is 23.4. The van der Waals surface area contributed by atoms with E-state index in [1.807, 2.05) is 55.8 Å². The highest BCUT2D eigenvalue weighted by Gasteiger charge is 2.41. The van der Waals surface area contributed by atoms with Crippen LogP contribution >= 0.6 is 0 Å². The van der Waals surface area contributed by atoms with Crippen LogP contribution in [0.25, 0.3) is 11.3 Å². The third-order valence-electron chi connectivity index (χ3n) is 5.99. The van der Waals surface area contributed by atoms with Crippen molar-refractivity contribution in [2.24, 2.45) is 11.7 Å². The van der Waals surface area contributed by atoms with Crippen molar-refractivity contribution in [3.05, 3.63) is 42.1 Å². The normalized spacial score (nSPS) is 20.4. The van der Waals surface area contributed by atoms with Crippen molar-refractivity contribution in [3.63, 3.8) is 0 Å². The third kappa shape index (κ3) is 5.01. The second-order valence-corrected chi connectivity index (χ2v) is 8.56. The Bertz CT molecular complexity index is 927. The van der Waals surface area contributed by atoms with Crippen LogP contribution in [-0.4, -0.2) is 68.0 Å². The second kappa shape index (κ2) is 10.2. The molecule has 2 heterocycles. The maximum atomic E-state index is 13.0. The number of β-amino-alcohol motifs (C(OH)–C–C–N with tert-alkyl or cyclic N) is 1. The van der Waals surface area contributed by atoms with Crippen LogP contribution in [0.2, 0.25) is 0 Å². The molecule has 0 aliphatic carbocycles. The molecule has 174 valence electrons. The average Bonchev–Trinajstić information content (AvgIpc) is 3.42. The highest BCUT2D eigenvalue weighted by molar-refractivity contribution is 5.90. The number of aliphatic hydroxyl groups is 2. The number of aryl methyl sites for hydroxylation is 1. The molecular formula is C23H33N5O4. The molecule has 0 radical (unpaired) electrons. The van der Waals surface area contributed by atoms with E-state index in [0.29, 0.717) is 0 Å². The summed E-state index contributed by atoms with van der Waals surface area (Å²) in [5.41, 5.74) is 8.70. The van der Waals surface area contributed by atoms with E-state index in [4.69, 9.17) is 5.73 Å². The molecule has 0 saturated carbocycles. The van der Waals surface area contributed by atoms with E-state index in [1.54, 1.807) is 6.20 Å². The van der Waals surface area contributed by atoms with Gasteiger partial charge in [-0.15, -0.1) is 0 Å². The lowest BCUT2D eigenvalue weighted by atomic mass is 10.0. The summed E-state index contributed by atoms with van der Waals surface area (Å²) in [5, 5.41) is 27.1. The standard InChI is InChI=1S/C23H33N5O4/c1-4-28-19(9-10-25-28)16-7-5-15(6-8-16)18(13-29)26-22(31)20-11-17(30)12-27(20)23(32)21(24)14(2)3/h5-10,14,17-18,20-21,29-30H,4,11-13,24H2,1-3H3,(H,26,31)/t17-,18?,20+,21?/m1/s1. The first-order chi connectivity index (χ1) is 15.3. The number of rotatable bonds is 8. The first-order valence-corrected chi connectivity index (χ1v) is 11.0. The molecule has 9 heteroatoms. The molecule has 4 atom stereocenters. The van der Waals surface area contributed by atoms with Crippen LogP contribution in [-0.2, 0) is 16.1 Å². The van der Waals surface area contributed by atoms with E-state index in [-0.39, 0.29) is 31.4 Å². The van der Waals surface area contributed by atoms with Crippen molar-refractivity contribution in [2.75, 3.05) is 13.2 Å². The maximum absolute atomic E-state index is 13.0. The molecule has 1 aromatic carbocycles. The Kier molecular flexibility index (Phi) is 7.65. The largest absolute Gasteiger partial charge is 0.394 e. The predicted octanol–water partition coefficient (Wildman–Crippen LogP) is 0.665. The van der Waals surface area contributed by atoms with Gasteiger partial charge in [0.05, 0.1) is 30.5 Å². The predicted molar refractivity (Wildman–Crippen MR) is 120 cm³/mol. The Hall–Kier alpha value is -2.75. The lowest BCUT2D eigenvalue weighted by molar-refractivity contribution is -0.140. The van der Waals surface area contributed by atoms with Crippen LogP contribution in [0.4, 0.5) is 0 Å². The van der Waals surface area contributed by atoms with E-state index in [0.717, 1.165) is 23.4 Å². The van der Waals surface area contributed by atoms with Crippen LogP contribution in [0, 0.1) is 5.92 Å². The molecule has 5 N–H and O–H groups in total. The minimum absolute atomic E-state index is 0.0704. The summed E-state index contributed by atoms with van der Waals surface area (Å²) in [6.45, 7) is 6.21. The molecule has 1 aliphatic rings. The highest BCUT2D eigenvalue weighted by Crippen LogP contribution is 2.24. The monoisotopic (exact) mass is 443 g/mol. The van der Waals surface area contributed by atoms with Gasteiger partial charge >= 0.3 is 0 Å². The number of nitrogens with two attached hydrogens (primary N) is 1. The van der Waals surface area contributed by atoms with Crippen molar-refractivity contribution in [1.82, 2.24) is 20.0 Å². The first kappa shape index (κ1) is 23.9. The Morgan fingerprint density at radius 2 is 1.94 bits per heavy atom. The molecule has 2 amide bonds. The van der Waals surface area contributed by atoms with Crippen molar-refractivity contribution >= 4 is 11.8 Å². The number of hydrogen-bond acceptors (Lipinski definition) is 6. The number of aromatic nitrogens is 2. The fourth-order valence-corrected chi connectivity index (χ4v) is 4.00. The van der Waals surface area contributed by atoms with Crippen molar-refractivity contribution in [1.29, 1.82) is 0 Å². The van der Waals surface area contributed by atoms with Crippen LogP contribution in [0.3, 0.4) is 0 Å². The van der Waals surface area contributed by atoms with Gasteiger partial charge < -0.3 is 26.2 Å². The van der Waals surface area contributed by atoms with Crippen LogP contribution < -0.4 is 11.1 Å². The fourth-order valence-electron chi connectivity index (χ4n) is 4.00. The quantitative estimate of drug-likeness (QED) is 0.474. The summed E-state index contributed by atoms with van der Waals surface area (Å²) in [7, 11) is 0. The van der Waals surface area contributed by atoms with Gasteiger partial charge in [-0.05, 0) is 30.0 Å². The smallest absolute Gasteiger partial charge is 0.243 e. The van der Waals surface area contributed by atoms with Gasteiger partial charge in [-0.2, -0.15) is 5.10 Å². The van der Waals surface area contributed by atoms with Gasteiger partial charge in [0.25, 0.3) is 0 Å². The summed E-state index contributed by atoms with van der Waals surface area (Å²) in [6.07, 6.45) is 1.10. The molecule has 1 aromatic heterocycles. The summed E-state index contributed by atoms with van der Waals surface area (Å²) in [6, 6.07) is 7.27. The molecule has 2 unspecified atom stereocenters. The van der Waals surface area contributed by atoms with Crippen LogP contribution in [0.15, 0.2) is 36.5 Å². The molecule has 0 spiro atoms. The summed E-state index contributed by atoms with van der Waals surface area (Å²) < 4.78 is 1.89. The van der Waals surface area contributed by atoms with E-state index < -0.39 is 30.1 Å². The number of nitrogens with one attached hydrogen (secondary N) is 1. The lowest BCUT2D eigenvalue weighted by Gasteiger charge is -2.29. The van der Waals surface area contributed by atoms with E-state index in [1.165, 1.54) is 4.90 Å². The maximum Gasteiger partial charge on any atom is 0.243 e. The Morgan fingerprint density at radius 1 is 1.25 bits per heavy atom. The number of amides is 2. The summed E-state index contributed by atoms with van der Waals surface area (Å²) in [5.74, 6) is -0.858. The average molecular weight is 444 g/mol. The fraction of sp³-hybridized carbons (Fsp3) is 0.522. The SMILES string of the molecule is CCn1nccc1-c1ccc(C(CO)NC(=O)[C@@H]2C[C@@H](O)CN2C(=O)C(N)C(C)C)cc1. The van der Waals surface area contributed by atoms with Crippen LogP contribution in [0.5, 0.6) is 0 Å². The summed E-state index contributed by atoms with van der Waals surface area (Å²) in [4.78, 5) is 27.1. The lowest BCUT2D eigenvalue weighted by Crippen LogP contribution is -2.53. The number of aliphatic hydroxyl groups excluding tert-OH is 2. The molecule has 1 saturated heterocycles. The molecule has 1 aliphatic heterocycles. The molecule has 32 heavy (non-hydrogen) atoms. The van der Waals surface area contributed by atoms with Gasteiger partial charge in [0.1, 0.15) is 6.04 Å². The topological polar surface area (TPSA) is 134 Å². The Labute approximate surface area is 188 Å². The molecule has 3 rings (SSSR count). The number of benzene rings is 1. The zero-order valence-corrected chi connectivity index (χ0v) is 18.8. The number of hydrogen-bond donors (Lipinski definition) is 4. The van der Waals surface area contributed by atoms with Crippen molar-refractivity contribution in [3.8, 4) is 11.3 Å². The third-order valence-corrected chi connectivity index (χ3v) is 5.99. The van der Waals surface area contributed by atoms with E-state index >= 15 is 0 Å². The first-order valence-electron chi connectivity index (χ1n) is 11.0. The van der Waals surface area contributed by atoms with Gasteiger partial charge in [0.2, 0.25) is 11.8 Å². The van der Waals surface area contributed by atoms with Gasteiger partial charge in [0, 0.05) is 25.7 Å². The summed E-state index contributed by atoms with van der Waals surface area (Å²) >= 11 is 0. The Balaban J connectivity index is 1.73. The van der Waals surface area contributed by atoms with Gasteiger partial charge in [0.15, 0.2) is 0 Å². The molecule has 9 nitrogen and oxygen atoms in total. The Morgan fingerprint density at radius 3 is 2.53 bits per heavy atom. The van der Waals surface area contributed by atoms with Crippen molar-refractivity contribution in [2.45, 2.75) is 58.0 Å². The molecule has 1 fully saturated rings. The second-order valence-electron chi connectivity index (χ2n) is 8.56. The minimum Gasteiger partial charge on any atom is -0.394 e. The van der Waals surface area contributed by atoms with Crippen molar-refractivity contribution < 1.29 is 19.8 Å². The molecule has 0 bridgehead atoms. The van der Waals surface area contributed by atoms with Crippen LogP contribution in [0.1, 0.15) is 38.8 Å². The number of nitrogens with zero attached hydrogens (tertiary/aromatic N) is 3. The van der Waals surface area contributed by atoms with Gasteiger partial charge in [-0.25, -0.2) is 0 Å². The van der Waals surface area contributed by atoms with E-state index in [9.17, 15) is 19.8 Å². The molecular weight excluding hydrogens is 410 g/mol. The van der Waals surface area contributed by atoms with Gasteiger partial charge in [-0.1, -0.05) is 38.1 Å². The van der Waals surface area contributed by atoms with E-state index in [2.05, 4.69) is 10.4 Å². The number of likely N-dealkylation sites (tertiary alicyclic amines) is 1. The number of carbonyl (C=O) groups excluding carboxylic acids is 2. The minimum atomic E-state index is -0.825. The highest BCUT2D eigenvalue weighted by atomic mass is 16.3. The number of carbonyl (C=O) groups is 2. The molecule has 2 aromatic rings.